The summed E-state index contributed by atoms with van der Waals surface area (Å²) in [6.07, 6.45) is 1.08. The summed E-state index contributed by atoms with van der Waals surface area (Å²) in [4.78, 5) is 2.31. The number of nitrogens with two attached hydrogens (primary N) is 1. The molecule has 3 heteroatoms. The summed E-state index contributed by atoms with van der Waals surface area (Å²) in [5, 5.41) is 0. The number of rotatable bonds is 6. The molecule has 106 valence electrons. The number of nitrogen functional groups attached to an aromatic ring is 1. The Kier molecular flexibility index (Phi) is 4.88. The highest BCUT2D eigenvalue weighted by molar-refractivity contribution is 5.67. The van der Waals surface area contributed by atoms with Crippen molar-refractivity contribution < 1.29 is 4.74 Å². The van der Waals surface area contributed by atoms with Crippen LogP contribution < -0.4 is 15.4 Å². The number of anilines is 2. The summed E-state index contributed by atoms with van der Waals surface area (Å²) in [5.41, 5.74) is 9.24. The van der Waals surface area contributed by atoms with Crippen molar-refractivity contribution in [3.05, 3.63) is 54.1 Å². The van der Waals surface area contributed by atoms with E-state index in [-0.39, 0.29) is 0 Å². The zero-order valence-corrected chi connectivity index (χ0v) is 12.2. The van der Waals surface area contributed by atoms with Gasteiger partial charge in [-0.15, -0.1) is 0 Å². The van der Waals surface area contributed by atoms with Gasteiger partial charge in [0.1, 0.15) is 5.75 Å². The Hall–Kier alpha value is -2.16. The fraction of sp³-hybridized carbons (Fsp3) is 0.294. The SMILES string of the molecule is CCCN(Cc1cccc(OC)c1)c1ccccc1N. The minimum Gasteiger partial charge on any atom is -0.497 e. The largest absolute Gasteiger partial charge is 0.497 e. The van der Waals surface area contributed by atoms with Crippen LogP contribution in [-0.4, -0.2) is 13.7 Å². The highest BCUT2D eigenvalue weighted by atomic mass is 16.5. The van der Waals surface area contributed by atoms with Gasteiger partial charge in [0, 0.05) is 13.1 Å². The predicted octanol–water partition coefficient (Wildman–Crippen LogP) is 3.69. The fourth-order valence-corrected chi connectivity index (χ4v) is 2.32. The normalized spacial score (nSPS) is 10.3. The zero-order chi connectivity index (χ0) is 14.4. The van der Waals surface area contributed by atoms with Gasteiger partial charge in [0.05, 0.1) is 18.5 Å². The summed E-state index contributed by atoms with van der Waals surface area (Å²) in [5.74, 6) is 0.889. The van der Waals surface area contributed by atoms with Gasteiger partial charge in [0.15, 0.2) is 0 Å². The lowest BCUT2D eigenvalue weighted by Gasteiger charge is -2.26. The Balaban J connectivity index is 2.23. The molecule has 0 amide bonds. The highest BCUT2D eigenvalue weighted by Crippen LogP contribution is 2.25. The topological polar surface area (TPSA) is 38.5 Å². The van der Waals surface area contributed by atoms with E-state index in [2.05, 4.69) is 30.0 Å². The third-order valence-electron chi connectivity index (χ3n) is 3.28. The minimum absolute atomic E-state index is 0.823. The molecule has 3 nitrogen and oxygen atoms in total. The van der Waals surface area contributed by atoms with Gasteiger partial charge in [-0.3, -0.25) is 0 Å². The van der Waals surface area contributed by atoms with Crippen molar-refractivity contribution >= 4 is 11.4 Å². The van der Waals surface area contributed by atoms with Gasteiger partial charge < -0.3 is 15.4 Å². The van der Waals surface area contributed by atoms with Crippen molar-refractivity contribution in [2.75, 3.05) is 24.3 Å². The van der Waals surface area contributed by atoms with Gasteiger partial charge in [-0.05, 0) is 36.2 Å². The van der Waals surface area contributed by atoms with Crippen molar-refractivity contribution in [2.24, 2.45) is 0 Å². The molecule has 2 rings (SSSR count). The predicted molar refractivity (Wildman–Crippen MR) is 85.2 cm³/mol. The van der Waals surface area contributed by atoms with E-state index < -0.39 is 0 Å². The maximum atomic E-state index is 6.10. The second kappa shape index (κ2) is 6.85. The number of hydrogen-bond donors (Lipinski definition) is 1. The molecule has 0 spiro atoms. The van der Waals surface area contributed by atoms with Crippen LogP contribution in [0.15, 0.2) is 48.5 Å². The van der Waals surface area contributed by atoms with Crippen LogP contribution in [-0.2, 0) is 6.54 Å². The first-order valence-corrected chi connectivity index (χ1v) is 6.97. The van der Waals surface area contributed by atoms with E-state index in [4.69, 9.17) is 10.5 Å². The Morgan fingerprint density at radius 3 is 2.60 bits per heavy atom. The highest BCUT2D eigenvalue weighted by Gasteiger charge is 2.09. The van der Waals surface area contributed by atoms with Crippen LogP contribution in [0.4, 0.5) is 11.4 Å². The number of methoxy groups -OCH3 is 1. The maximum Gasteiger partial charge on any atom is 0.119 e. The van der Waals surface area contributed by atoms with E-state index in [0.717, 1.165) is 36.6 Å². The molecule has 0 atom stereocenters. The Morgan fingerprint density at radius 1 is 1.10 bits per heavy atom. The van der Waals surface area contributed by atoms with Gasteiger partial charge in [0.2, 0.25) is 0 Å². The third kappa shape index (κ3) is 3.44. The lowest BCUT2D eigenvalue weighted by Crippen LogP contribution is -2.24. The van der Waals surface area contributed by atoms with Crippen molar-refractivity contribution in [2.45, 2.75) is 19.9 Å². The van der Waals surface area contributed by atoms with E-state index in [0.29, 0.717) is 0 Å². The van der Waals surface area contributed by atoms with Crippen molar-refractivity contribution in [3.8, 4) is 5.75 Å². The molecule has 0 heterocycles. The van der Waals surface area contributed by atoms with E-state index in [9.17, 15) is 0 Å². The smallest absolute Gasteiger partial charge is 0.119 e. The molecule has 0 aliphatic heterocycles. The number of nitrogens with zero attached hydrogens (tertiary/aromatic N) is 1. The first-order chi connectivity index (χ1) is 9.74. The van der Waals surface area contributed by atoms with Gasteiger partial charge >= 0.3 is 0 Å². The van der Waals surface area contributed by atoms with Crippen LogP contribution in [0.25, 0.3) is 0 Å². The molecule has 0 saturated heterocycles. The molecular formula is C17H22N2O. The molecule has 2 aromatic rings. The summed E-state index contributed by atoms with van der Waals surface area (Å²) >= 11 is 0. The number of ether oxygens (including phenoxy) is 1. The first-order valence-electron chi connectivity index (χ1n) is 6.97. The zero-order valence-electron chi connectivity index (χ0n) is 12.2. The molecule has 0 radical (unpaired) electrons. The lowest BCUT2D eigenvalue weighted by molar-refractivity contribution is 0.414. The Bertz CT molecular complexity index is 554. The van der Waals surface area contributed by atoms with Crippen molar-refractivity contribution in [3.63, 3.8) is 0 Å². The minimum atomic E-state index is 0.823. The number of para-hydroxylation sites is 2. The van der Waals surface area contributed by atoms with Crippen LogP contribution in [0.5, 0.6) is 5.75 Å². The average Bonchev–Trinajstić information content (AvgIpc) is 2.47. The van der Waals surface area contributed by atoms with Crippen LogP contribution >= 0.6 is 0 Å². The molecule has 0 bridgehead atoms. The summed E-state index contributed by atoms with van der Waals surface area (Å²) in [6.45, 7) is 3.99. The fourth-order valence-electron chi connectivity index (χ4n) is 2.32. The van der Waals surface area contributed by atoms with Crippen molar-refractivity contribution in [1.82, 2.24) is 0 Å². The molecule has 2 aromatic carbocycles. The van der Waals surface area contributed by atoms with Crippen LogP contribution in [0.1, 0.15) is 18.9 Å². The second-order valence-electron chi connectivity index (χ2n) is 4.83. The molecule has 0 aromatic heterocycles. The van der Waals surface area contributed by atoms with Gasteiger partial charge in [0.25, 0.3) is 0 Å². The van der Waals surface area contributed by atoms with E-state index in [1.54, 1.807) is 7.11 Å². The third-order valence-corrected chi connectivity index (χ3v) is 3.28. The molecule has 0 aliphatic carbocycles. The standard InChI is InChI=1S/C17H22N2O/c1-3-11-19(17-10-5-4-9-16(17)18)13-14-7-6-8-15(12-14)20-2/h4-10,12H,3,11,13,18H2,1-2H3. The number of benzene rings is 2. The van der Waals surface area contributed by atoms with E-state index in [1.807, 2.05) is 30.3 Å². The molecule has 20 heavy (non-hydrogen) atoms. The van der Waals surface area contributed by atoms with Crippen LogP contribution in [0.2, 0.25) is 0 Å². The van der Waals surface area contributed by atoms with E-state index in [1.165, 1.54) is 5.56 Å². The van der Waals surface area contributed by atoms with E-state index >= 15 is 0 Å². The Morgan fingerprint density at radius 2 is 1.90 bits per heavy atom. The lowest BCUT2D eigenvalue weighted by atomic mass is 10.1. The molecule has 0 aliphatic rings. The van der Waals surface area contributed by atoms with Crippen LogP contribution in [0, 0.1) is 0 Å². The Labute approximate surface area is 121 Å². The van der Waals surface area contributed by atoms with Crippen LogP contribution in [0.3, 0.4) is 0 Å². The molecule has 0 unspecified atom stereocenters. The second-order valence-corrected chi connectivity index (χ2v) is 4.83. The molecule has 0 saturated carbocycles. The monoisotopic (exact) mass is 270 g/mol. The summed E-state index contributed by atoms with van der Waals surface area (Å²) in [6, 6.07) is 16.2. The van der Waals surface area contributed by atoms with Crippen molar-refractivity contribution in [1.29, 1.82) is 0 Å². The molecule has 2 N–H and O–H groups in total. The average molecular weight is 270 g/mol. The van der Waals surface area contributed by atoms with Gasteiger partial charge in [-0.1, -0.05) is 31.2 Å². The number of hydrogen-bond acceptors (Lipinski definition) is 3. The first kappa shape index (κ1) is 14.3. The quantitative estimate of drug-likeness (QED) is 0.813. The summed E-state index contributed by atoms with van der Waals surface area (Å²) < 4.78 is 5.28. The van der Waals surface area contributed by atoms with Gasteiger partial charge in [-0.25, -0.2) is 0 Å². The molecular weight excluding hydrogens is 248 g/mol. The maximum absolute atomic E-state index is 6.10. The molecule has 0 fully saturated rings. The summed E-state index contributed by atoms with van der Waals surface area (Å²) in [7, 11) is 1.69. The van der Waals surface area contributed by atoms with Gasteiger partial charge in [-0.2, -0.15) is 0 Å².